The number of rotatable bonds is 6. The molecule has 4 rings (SSSR count). The van der Waals surface area contributed by atoms with Gasteiger partial charge in [0, 0.05) is 44.1 Å². The van der Waals surface area contributed by atoms with Crippen molar-refractivity contribution in [3.05, 3.63) is 24.3 Å². The van der Waals surface area contributed by atoms with Crippen molar-refractivity contribution in [2.24, 2.45) is 11.8 Å². The van der Waals surface area contributed by atoms with Gasteiger partial charge in [0.2, 0.25) is 17.7 Å². The first-order chi connectivity index (χ1) is 15.2. The van der Waals surface area contributed by atoms with Crippen LogP contribution in [0.5, 0.6) is 0 Å². The average molecular weight is 462 g/mol. The molecule has 3 amide bonds. The van der Waals surface area contributed by atoms with Crippen molar-refractivity contribution in [3.63, 3.8) is 0 Å². The Labute approximate surface area is 194 Å². The molecular weight excluding hydrogens is 426 g/mol. The van der Waals surface area contributed by atoms with Crippen molar-refractivity contribution in [3.8, 4) is 0 Å². The maximum absolute atomic E-state index is 14.0. The van der Waals surface area contributed by atoms with Crippen LogP contribution in [0.15, 0.2) is 24.3 Å². The molecule has 4 aliphatic rings. The van der Waals surface area contributed by atoms with Crippen molar-refractivity contribution in [1.29, 1.82) is 0 Å². The second-order valence-electron chi connectivity index (χ2n) is 9.92. The zero-order valence-corrected chi connectivity index (χ0v) is 20.3. The molecule has 4 heterocycles. The molecule has 7 nitrogen and oxygen atoms in total. The average Bonchev–Trinajstić information content (AvgIpc) is 3.00. The van der Waals surface area contributed by atoms with Gasteiger partial charge in [0.25, 0.3) is 0 Å². The van der Waals surface area contributed by atoms with Crippen molar-refractivity contribution < 1.29 is 19.5 Å². The first-order valence-corrected chi connectivity index (χ1v) is 12.5. The summed E-state index contributed by atoms with van der Waals surface area (Å²) in [5, 5.41) is 9.14. The summed E-state index contributed by atoms with van der Waals surface area (Å²) in [6.07, 6.45) is 10.4. The zero-order valence-electron chi connectivity index (χ0n) is 19.5. The predicted molar refractivity (Wildman–Crippen MR) is 125 cm³/mol. The fourth-order valence-corrected chi connectivity index (χ4v) is 8.09. The number of aliphatic hydroxyl groups is 1. The molecule has 0 aromatic carbocycles. The summed E-state index contributed by atoms with van der Waals surface area (Å²) >= 11 is 1.63. The first-order valence-electron chi connectivity index (χ1n) is 11.7. The van der Waals surface area contributed by atoms with Gasteiger partial charge in [-0.05, 0) is 40.0 Å². The second kappa shape index (κ2) is 8.52. The predicted octanol–water partition coefficient (Wildman–Crippen LogP) is 1.67. The lowest BCUT2D eigenvalue weighted by atomic mass is 9.74. The lowest BCUT2D eigenvalue weighted by Gasteiger charge is -2.37. The van der Waals surface area contributed by atoms with E-state index in [-0.39, 0.29) is 30.4 Å². The fraction of sp³-hybridized carbons (Fsp3) is 0.708. The van der Waals surface area contributed by atoms with Crippen LogP contribution in [0.3, 0.4) is 0 Å². The number of carbonyl (C=O) groups excluding carboxylic acids is 3. The molecule has 2 saturated heterocycles. The number of thioether (sulfide) groups is 1. The number of nitrogens with zero attached hydrogens (tertiary/aromatic N) is 3. The Bertz CT molecular complexity index is 858. The van der Waals surface area contributed by atoms with Crippen molar-refractivity contribution in [2.45, 2.75) is 61.6 Å². The van der Waals surface area contributed by atoms with Gasteiger partial charge in [-0.15, -0.1) is 11.8 Å². The molecule has 32 heavy (non-hydrogen) atoms. The van der Waals surface area contributed by atoms with Crippen LogP contribution in [0.1, 0.15) is 40.0 Å². The van der Waals surface area contributed by atoms with Crippen LogP contribution < -0.4 is 0 Å². The third kappa shape index (κ3) is 3.41. The monoisotopic (exact) mass is 461 g/mol. The number of aliphatic hydroxyl groups excluding tert-OH is 1. The number of hydrogen-bond donors (Lipinski definition) is 1. The highest BCUT2D eigenvalue weighted by molar-refractivity contribution is 8.02. The van der Waals surface area contributed by atoms with Gasteiger partial charge >= 0.3 is 0 Å². The summed E-state index contributed by atoms with van der Waals surface area (Å²) in [7, 11) is 1.78. The summed E-state index contributed by atoms with van der Waals surface area (Å²) in [6.45, 7) is 7.68. The molecule has 0 bridgehead atoms. The van der Waals surface area contributed by atoms with Gasteiger partial charge in [0.05, 0.1) is 16.6 Å². The van der Waals surface area contributed by atoms with E-state index in [1.807, 2.05) is 37.8 Å². The summed E-state index contributed by atoms with van der Waals surface area (Å²) in [6, 6.07) is -0.594. The second-order valence-corrected chi connectivity index (χ2v) is 11.7. The quantitative estimate of drug-likeness (QED) is 0.481. The van der Waals surface area contributed by atoms with Gasteiger partial charge in [-0.3, -0.25) is 14.4 Å². The molecule has 0 aromatic heterocycles. The Balaban J connectivity index is 1.80. The lowest BCUT2D eigenvalue weighted by Crippen LogP contribution is -2.54. The topological polar surface area (TPSA) is 81.2 Å². The number of likely N-dealkylation sites (N-methyl/N-ethyl adjacent to an activating group) is 1. The number of amides is 3. The van der Waals surface area contributed by atoms with E-state index in [2.05, 4.69) is 12.2 Å². The van der Waals surface area contributed by atoms with E-state index in [1.165, 1.54) is 0 Å². The molecule has 0 radical (unpaired) electrons. The number of hydrogen-bond acceptors (Lipinski definition) is 5. The number of likely N-dealkylation sites (tertiary alicyclic amines) is 1. The maximum atomic E-state index is 14.0. The van der Waals surface area contributed by atoms with Crippen LogP contribution in [-0.2, 0) is 14.4 Å². The molecule has 2 fully saturated rings. The SMILES string of the molecule is CC(C)N1CC=C[C@]23S[C@@]4(C)C=CCN(C)C(=O)[C@H]4[C@H]2C(=O)N(CCCCCO)C3C1=O. The van der Waals surface area contributed by atoms with Crippen molar-refractivity contribution in [1.82, 2.24) is 14.7 Å². The Morgan fingerprint density at radius 2 is 1.75 bits per heavy atom. The molecule has 1 spiro atoms. The van der Waals surface area contributed by atoms with E-state index in [4.69, 9.17) is 5.11 Å². The van der Waals surface area contributed by atoms with E-state index >= 15 is 0 Å². The standard InChI is InChI=1S/C24H35N3O4S/c1-16(2)26-14-9-11-24-18(17-20(29)25(4)12-8-10-23(17,3)32-24)21(30)27(19(24)22(26)31)13-6-5-7-15-28/h8-11,16-19,28H,5-7,12-15H2,1-4H3/t17-,18+,19?,23+,24+/m1/s1. The molecule has 5 atom stereocenters. The lowest BCUT2D eigenvalue weighted by molar-refractivity contribution is -0.145. The van der Waals surface area contributed by atoms with E-state index in [9.17, 15) is 14.4 Å². The number of carbonyl (C=O) groups is 3. The highest BCUT2D eigenvalue weighted by atomic mass is 32.2. The number of fused-ring (bicyclic) bond motifs is 2. The molecule has 0 aromatic rings. The van der Waals surface area contributed by atoms with Crippen LogP contribution in [0.2, 0.25) is 0 Å². The summed E-state index contributed by atoms with van der Waals surface area (Å²) in [5.41, 5.74) is 0. The minimum atomic E-state index is -0.758. The van der Waals surface area contributed by atoms with Gasteiger partial charge in [-0.2, -0.15) is 0 Å². The third-order valence-corrected chi connectivity index (χ3v) is 9.27. The van der Waals surface area contributed by atoms with Gasteiger partial charge in [-0.1, -0.05) is 24.3 Å². The van der Waals surface area contributed by atoms with Crippen molar-refractivity contribution in [2.75, 3.05) is 33.3 Å². The molecular formula is C24H35N3O4S. The van der Waals surface area contributed by atoms with E-state index in [1.54, 1.807) is 28.6 Å². The molecule has 4 aliphatic heterocycles. The Morgan fingerprint density at radius 3 is 2.44 bits per heavy atom. The van der Waals surface area contributed by atoms with E-state index in [0.717, 1.165) is 12.8 Å². The maximum Gasteiger partial charge on any atom is 0.247 e. The smallest absolute Gasteiger partial charge is 0.247 e. The first kappa shape index (κ1) is 23.4. The van der Waals surface area contributed by atoms with Crippen LogP contribution >= 0.6 is 11.8 Å². The minimum Gasteiger partial charge on any atom is -0.396 e. The molecule has 176 valence electrons. The van der Waals surface area contributed by atoms with Crippen LogP contribution in [-0.4, -0.2) is 92.4 Å². The molecule has 0 aliphatic carbocycles. The summed E-state index contributed by atoms with van der Waals surface area (Å²) in [5.74, 6) is -1.20. The zero-order chi connectivity index (χ0) is 23.3. The summed E-state index contributed by atoms with van der Waals surface area (Å²) in [4.78, 5) is 46.7. The largest absolute Gasteiger partial charge is 0.396 e. The van der Waals surface area contributed by atoms with Gasteiger partial charge in [0.1, 0.15) is 6.04 Å². The van der Waals surface area contributed by atoms with Crippen LogP contribution in [0.25, 0.3) is 0 Å². The Hall–Kier alpha value is -1.80. The van der Waals surface area contributed by atoms with Crippen LogP contribution in [0, 0.1) is 11.8 Å². The van der Waals surface area contributed by atoms with Gasteiger partial charge in [-0.25, -0.2) is 0 Å². The molecule has 8 heteroatoms. The normalized spacial score (nSPS) is 36.5. The van der Waals surface area contributed by atoms with Gasteiger partial charge < -0.3 is 19.8 Å². The Kier molecular flexibility index (Phi) is 6.22. The molecule has 1 unspecified atom stereocenters. The highest BCUT2D eigenvalue weighted by Crippen LogP contribution is 2.65. The van der Waals surface area contributed by atoms with E-state index < -0.39 is 27.4 Å². The van der Waals surface area contributed by atoms with Crippen LogP contribution in [0.4, 0.5) is 0 Å². The third-order valence-electron chi connectivity index (χ3n) is 7.47. The Morgan fingerprint density at radius 1 is 1.03 bits per heavy atom. The minimum absolute atomic E-state index is 0.0211. The van der Waals surface area contributed by atoms with Gasteiger partial charge in [0.15, 0.2) is 0 Å². The fourth-order valence-electron chi connectivity index (χ4n) is 5.94. The number of unbranched alkanes of at least 4 members (excludes halogenated alkanes) is 2. The summed E-state index contributed by atoms with van der Waals surface area (Å²) < 4.78 is -1.30. The highest BCUT2D eigenvalue weighted by Gasteiger charge is 2.73. The van der Waals surface area contributed by atoms with Crippen molar-refractivity contribution >= 4 is 29.5 Å². The van der Waals surface area contributed by atoms with E-state index in [0.29, 0.717) is 26.1 Å². The molecule has 1 N–H and O–H groups in total. The molecule has 0 saturated carbocycles.